The van der Waals surface area contributed by atoms with E-state index in [1.165, 1.54) is 179 Å². The summed E-state index contributed by atoms with van der Waals surface area (Å²) in [4.78, 5) is 12.4. The Kier molecular flexibility index (Phi) is 38.1. The number of aliphatic hydroxyl groups is 3. The molecule has 5 nitrogen and oxygen atoms in total. The van der Waals surface area contributed by atoms with Crippen molar-refractivity contribution >= 4 is 5.91 Å². The van der Waals surface area contributed by atoms with Crippen molar-refractivity contribution in [3.8, 4) is 0 Å². The van der Waals surface area contributed by atoms with Gasteiger partial charge >= 0.3 is 0 Å². The van der Waals surface area contributed by atoms with Gasteiger partial charge < -0.3 is 20.6 Å². The molecule has 0 saturated carbocycles. The Balaban J connectivity index is 3.59. The van der Waals surface area contributed by atoms with Crippen LogP contribution in [0.15, 0.2) is 12.2 Å². The van der Waals surface area contributed by atoms with Crippen molar-refractivity contribution in [2.75, 3.05) is 6.61 Å². The van der Waals surface area contributed by atoms with E-state index in [0.717, 1.165) is 32.1 Å². The van der Waals surface area contributed by atoms with Crippen molar-refractivity contribution in [2.24, 2.45) is 0 Å². The maximum absolute atomic E-state index is 12.4. The van der Waals surface area contributed by atoms with E-state index < -0.39 is 18.2 Å². The molecular formula is C43H85NO4. The van der Waals surface area contributed by atoms with Gasteiger partial charge in [0.15, 0.2) is 0 Å². The minimum atomic E-state index is -1.01. The summed E-state index contributed by atoms with van der Waals surface area (Å²) in [6.45, 7) is 4.21. The smallest absolute Gasteiger partial charge is 0.220 e. The van der Waals surface area contributed by atoms with Crippen LogP contribution in [-0.4, -0.2) is 46.1 Å². The molecule has 0 aromatic rings. The lowest BCUT2D eigenvalue weighted by Gasteiger charge is -2.20. The molecule has 5 heteroatoms. The summed E-state index contributed by atoms with van der Waals surface area (Å²) in [5, 5.41) is 33.1. The highest BCUT2D eigenvalue weighted by Crippen LogP contribution is 2.16. The van der Waals surface area contributed by atoms with Crippen LogP contribution in [-0.2, 0) is 4.79 Å². The summed E-state index contributed by atoms with van der Waals surface area (Å²) >= 11 is 0. The van der Waals surface area contributed by atoms with Gasteiger partial charge in [-0.05, 0) is 12.8 Å². The fourth-order valence-electron chi connectivity index (χ4n) is 6.73. The van der Waals surface area contributed by atoms with Gasteiger partial charge in [-0.1, -0.05) is 225 Å². The lowest BCUT2D eigenvalue weighted by Crippen LogP contribution is -2.45. The van der Waals surface area contributed by atoms with E-state index in [4.69, 9.17) is 0 Å². The van der Waals surface area contributed by atoms with Gasteiger partial charge in [0, 0.05) is 6.42 Å². The number of rotatable bonds is 39. The number of carbonyl (C=O) groups is 1. The molecule has 1 amide bonds. The second kappa shape index (κ2) is 38.9. The summed E-state index contributed by atoms with van der Waals surface area (Å²) in [6.07, 6.45) is 44.8. The maximum Gasteiger partial charge on any atom is 0.220 e. The SMILES string of the molecule is CCCCCCCCCCCCCCCCCCCCCCCCC(=O)N[C@@H](CO)[C@H](O)/C=C/[C@H](O)CCCCCCCCCCCC. The van der Waals surface area contributed by atoms with E-state index in [1.807, 2.05) is 0 Å². The molecule has 0 saturated heterocycles. The van der Waals surface area contributed by atoms with Crippen LogP contribution >= 0.6 is 0 Å². The van der Waals surface area contributed by atoms with Gasteiger partial charge in [0.2, 0.25) is 5.91 Å². The molecule has 3 atom stereocenters. The van der Waals surface area contributed by atoms with Gasteiger partial charge in [-0.3, -0.25) is 4.79 Å². The molecule has 0 aliphatic rings. The monoisotopic (exact) mass is 680 g/mol. The van der Waals surface area contributed by atoms with Crippen LogP contribution in [0.2, 0.25) is 0 Å². The zero-order chi connectivity index (χ0) is 35.2. The molecule has 0 aliphatic carbocycles. The predicted molar refractivity (Wildman–Crippen MR) is 208 cm³/mol. The van der Waals surface area contributed by atoms with E-state index in [9.17, 15) is 20.1 Å². The van der Waals surface area contributed by atoms with Gasteiger partial charge in [0.25, 0.3) is 0 Å². The lowest BCUT2D eigenvalue weighted by atomic mass is 10.0. The minimum absolute atomic E-state index is 0.124. The number of unbranched alkanes of at least 4 members (excludes halogenated alkanes) is 30. The fraction of sp³-hybridized carbons (Fsp3) is 0.930. The molecule has 48 heavy (non-hydrogen) atoms. The van der Waals surface area contributed by atoms with Crippen LogP contribution in [0.4, 0.5) is 0 Å². The quantitative estimate of drug-likeness (QED) is 0.0384. The average Bonchev–Trinajstić information content (AvgIpc) is 3.09. The van der Waals surface area contributed by atoms with Crippen molar-refractivity contribution in [1.29, 1.82) is 0 Å². The topological polar surface area (TPSA) is 89.8 Å². The Hall–Kier alpha value is -0.910. The van der Waals surface area contributed by atoms with E-state index in [0.29, 0.717) is 12.8 Å². The third-order valence-electron chi connectivity index (χ3n) is 10.1. The first kappa shape index (κ1) is 47.1. The predicted octanol–water partition coefficient (Wildman–Crippen LogP) is 12.0. The van der Waals surface area contributed by atoms with E-state index >= 15 is 0 Å². The summed E-state index contributed by atoms with van der Waals surface area (Å²) in [5.74, 6) is -0.124. The highest BCUT2D eigenvalue weighted by atomic mass is 16.3. The van der Waals surface area contributed by atoms with Crippen molar-refractivity contribution in [3.63, 3.8) is 0 Å². The second-order valence-electron chi connectivity index (χ2n) is 14.9. The third kappa shape index (κ3) is 34.9. The first-order chi connectivity index (χ1) is 23.5. The Labute approximate surface area is 299 Å². The Bertz CT molecular complexity index is 669. The normalized spacial score (nSPS) is 13.7. The van der Waals surface area contributed by atoms with Gasteiger partial charge in [0.1, 0.15) is 0 Å². The van der Waals surface area contributed by atoms with Crippen molar-refractivity contribution in [1.82, 2.24) is 5.32 Å². The summed E-state index contributed by atoms with van der Waals surface area (Å²) in [7, 11) is 0. The highest BCUT2D eigenvalue weighted by Gasteiger charge is 2.18. The molecule has 0 aromatic heterocycles. The number of hydrogen-bond acceptors (Lipinski definition) is 4. The standard InChI is InChI=1S/C43H85NO4/c1-3-5-7-9-11-13-15-16-17-18-19-20-21-22-23-24-25-26-28-30-32-34-36-43(48)44-41(39-45)42(47)38-37-40(46)35-33-31-29-27-14-12-10-8-6-4-2/h37-38,40-42,45-47H,3-36,39H2,1-2H3,(H,44,48)/b38-37+/t40-,41+,42-/m1/s1. The van der Waals surface area contributed by atoms with Crippen LogP contribution < -0.4 is 5.32 Å². The van der Waals surface area contributed by atoms with Crippen molar-refractivity contribution < 1.29 is 20.1 Å². The minimum Gasteiger partial charge on any atom is -0.394 e. The Morgan fingerprint density at radius 2 is 0.792 bits per heavy atom. The third-order valence-corrected chi connectivity index (χ3v) is 10.1. The molecule has 0 rings (SSSR count). The molecule has 286 valence electrons. The first-order valence-electron chi connectivity index (χ1n) is 21.5. The van der Waals surface area contributed by atoms with Crippen LogP contribution in [0, 0.1) is 0 Å². The molecule has 0 aromatic carbocycles. The molecule has 4 N–H and O–H groups in total. The maximum atomic E-state index is 12.4. The van der Waals surface area contributed by atoms with E-state index in [2.05, 4.69) is 19.2 Å². The summed E-state index contributed by atoms with van der Waals surface area (Å²) in [6, 6.07) is -0.738. The Morgan fingerprint density at radius 3 is 1.12 bits per heavy atom. The molecule has 0 unspecified atom stereocenters. The highest BCUT2D eigenvalue weighted by molar-refractivity contribution is 5.76. The number of carbonyl (C=O) groups excluding carboxylic acids is 1. The zero-order valence-corrected chi connectivity index (χ0v) is 32.4. The average molecular weight is 680 g/mol. The van der Waals surface area contributed by atoms with Crippen LogP contribution in [0.25, 0.3) is 0 Å². The number of amides is 1. The lowest BCUT2D eigenvalue weighted by molar-refractivity contribution is -0.123. The molecule has 0 bridgehead atoms. The van der Waals surface area contributed by atoms with Crippen molar-refractivity contribution in [2.45, 2.75) is 250 Å². The van der Waals surface area contributed by atoms with Gasteiger partial charge in [-0.15, -0.1) is 0 Å². The summed E-state index contributed by atoms with van der Waals surface area (Å²) < 4.78 is 0. The molecule has 0 aliphatic heterocycles. The second-order valence-corrected chi connectivity index (χ2v) is 14.9. The molecule has 0 heterocycles. The number of aliphatic hydroxyl groups excluding tert-OH is 3. The van der Waals surface area contributed by atoms with E-state index in [-0.39, 0.29) is 12.5 Å². The first-order valence-corrected chi connectivity index (χ1v) is 21.5. The molecule has 0 spiro atoms. The van der Waals surface area contributed by atoms with Crippen LogP contribution in [0.3, 0.4) is 0 Å². The fourth-order valence-corrected chi connectivity index (χ4v) is 6.73. The number of nitrogens with one attached hydrogen (secondary N) is 1. The summed E-state index contributed by atoms with van der Waals surface area (Å²) in [5.41, 5.74) is 0. The van der Waals surface area contributed by atoms with Gasteiger partial charge in [0.05, 0.1) is 24.9 Å². The largest absolute Gasteiger partial charge is 0.394 e. The zero-order valence-electron chi connectivity index (χ0n) is 32.4. The number of hydrogen-bond donors (Lipinski definition) is 4. The molecule has 0 radical (unpaired) electrons. The van der Waals surface area contributed by atoms with Crippen LogP contribution in [0.1, 0.15) is 232 Å². The van der Waals surface area contributed by atoms with Gasteiger partial charge in [-0.25, -0.2) is 0 Å². The van der Waals surface area contributed by atoms with E-state index in [1.54, 1.807) is 6.08 Å². The molecular weight excluding hydrogens is 594 g/mol. The van der Waals surface area contributed by atoms with Gasteiger partial charge in [-0.2, -0.15) is 0 Å². The van der Waals surface area contributed by atoms with Crippen molar-refractivity contribution in [3.05, 3.63) is 12.2 Å². The van der Waals surface area contributed by atoms with Crippen LogP contribution in [0.5, 0.6) is 0 Å². The Morgan fingerprint density at radius 1 is 0.479 bits per heavy atom. The molecule has 0 fully saturated rings.